The minimum absolute atomic E-state index is 0.0253. The summed E-state index contributed by atoms with van der Waals surface area (Å²) in [7, 11) is 0. The van der Waals surface area contributed by atoms with E-state index in [0.29, 0.717) is 17.7 Å². The minimum Gasteiger partial charge on any atom is -0.508 e. The number of aliphatic hydroxyl groups excluding tert-OH is 1. The fourth-order valence-corrected chi connectivity index (χ4v) is 3.12. The molecule has 12 heteroatoms. The van der Waals surface area contributed by atoms with Crippen LogP contribution in [-0.4, -0.2) is 81.8 Å². The highest BCUT2D eigenvalue weighted by Crippen LogP contribution is 2.11. The number of hydrogen-bond donors (Lipinski definition) is 7. The molecule has 0 spiro atoms. The van der Waals surface area contributed by atoms with Crippen molar-refractivity contribution in [1.29, 1.82) is 0 Å². The van der Waals surface area contributed by atoms with Crippen molar-refractivity contribution in [2.24, 2.45) is 5.73 Å². The molecule has 1 rings (SSSR count). The van der Waals surface area contributed by atoms with Crippen LogP contribution in [0.5, 0.6) is 5.75 Å². The van der Waals surface area contributed by atoms with Gasteiger partial charge in [-0.05, 0) is 43.0 Å². The molecule has 0 heterocycles. The third-order valence-corrected chi connectivity index (χ3v) is 5.11. The van der Waals surface area contributed by atoms with E-state index in [2.05, 4.69) is 16.0 Å². The van der Waals surface area contributed by atoms with E-state index in [1.165, 1.54) is 43.0 Å². The number of amides is 3. The molecule has 0 bridgehead atoms. The largest absolute Gasteiger partial charge is 0.508 e. The fourth-order valence-electron chi connectivity index (χ4n) is 2.63. The molecule has 0 aliphatic heterocycles. The van der Waals surface area contributed by atoms with E-state index < -0.39 is 54.5 Å². The molecular formula is C20H30N4O7S. The summed E-state index contributed by atoms with van der Waals surface area (Å²) in [6, 6.07) is 2.41. The second-order valence-corrected chi connectivity index (χ2v) is 8.15. The Morgan fingerprint density at radius 3 is 2.25 bits per heavy atom. The van der Waals surface area contributed by atoms with Gasteiger partial charge in [0.2, 0.25) is 17.7 Å². The van der Waals surface area contributed by atoms with Gasteiger partial charge >= 0.3 is 5.97 Å². The summed E-state index contributed by atoms with van der Waals surface area (Å²) in [4.78, 5) is 48.1. The van der Waals surface area contributed by atoms with Gasteiger partial charge < -0.3 is 37.0 Å². The van der Waals surface area contributed by atoms with Crippen molar-refractivity contribution in [2.45, 2.75) is 44.0 Å². The molecule has 8 N–H and O–H groups in total. The first-order valence-electron chi connectivity index (χ1n) is 9.85. The van der Waals surface area contributed by atoms with Crippen molar-refractivity contribution in [1.82, 2.24) is 16.0 Å². The number of carbonyl (C=O) groups excluding carboxylic acids is 3. The summed E-state index contributed by atoms with van der Waals surface area (Å²) in [6.07, 6.45) is 0.967. The molecule has 32 heavy (non-hydrogen) atoms. The molecule has 0 aromatic heterocycles. The lowest BCUT2D eigenvalue weighted by Gasteiger charge is -2.23. The number of thioether (sulfide) groups is 1. The molecule has 0 aliphatic carbocycles. The quantitative estimate of drug-likeness (QED) is 0.181. The number of benzene rings is 1. The van der Waals surface area contributed by atoms with Crippen LogP contribution in [0.2, 0.25) is 0 Å². The van der Waals surface area contributed by atoms with Gasteiger partial charge in [0.1, 0.15) is 17.8 Å². The number of carboxylic acid groups (broad SMARTS) is 1. The maximum absolute atomic E-state index is 12.4. The zero-order chi connectivity index (χ0) is 24.3. The lowest BCUT2D eigenvalue weighted by Crippen LogP contribution is -2.57. The van der Waals surface area contributed by atoms with Gasteiger partial charge in [0.15, 0.2) is 0 Å². The Morgan fingerprint density at radius 2 is 1.72 bits per heavy atom. The lowest BCUT2D eigenvalue weighted by atomic mass is 10.1. The summed E-state index contributed by atoms with van der Waals surface area (Å²) in [5, 5.41) is 35.4. The molecule has 0 fully saturated rings. The van der Waals surface area contributed by atoms with Gasteiger partial charge in [0.05, 0.1) is 18.7 Å². The third kappa shape index (κ3) is 9.54. The number of carboxylic acids is 1. The minimum atomic E-state index is -1.33. The van der Waals surface area contributed by atoms with Gasteiger partial charge in [-0.25, -0.2) is 4.79 Å². The average molecular weight is 471 g/mol. The molecule has 0 saturated heterocycles. The number of phenolic OH excluding ortho intramolecular Hbond substituents is 1. The highest BCUT2D eigenvalue weighted by molar-refractivity contribution is 7.98. The molecule has 4 unspecified atom stereocenters. The summed E-state index contributed by atoms with van der Waals surface area (Å²) >= 11 is 1.51. The van der Waals surface area contributed by atoms with Crippen molar-refractivity contribution in [3.05, 3.63) is 29.8 Å². The zero-order valence-corrected chi connectivity index (χ0v) is 18.7. The van der Waals surface area contributed by atoms with Crippen LogP contribution in [0.15, 0.2) is 24.3 Å². The Labute approximate surface area is 190 Å². The third-order valence-electron chi connectivity index (χ3n) is 4.47. The van der Waals surface area contributed by atoms with E-state index >= 15 is 0 Å². The summed E-state index contributed by atoms with van der Waals surface area (Å²) in [5.41, 5.74) is 6.33. The summed E-state index contributed by atoms with van der Waals surface area (Å²) in [6.45, 7) is 0.742. The molecule has 4 atom stereocenters. The maximum Gasteiger partial charge on any atom is 0.326 e. The van der Waals surface area contributed by atoms with E-state index in [1.54, 1.807) is 0 Å². The second-order valence-electron chi connectivity index (χ2n) is 7.16. The number of nitrogens with two attached hydrogens (primary N) is 1. The van der Waals surface area contributed by atoms with Crippen molar-refractivity contribution >= 4 is 35.5 Å². The monoisotopic (exact) mass is 470 g/mol. The maximum atomic E-state index is 12.4. The van der Waals surface area contributed by atoms with E-state index in [4.69, 9.17) is 5.73 Å². The number of carbonyl (C=O) groups is 4. The zero-order valence-electron chi connectivity index (χ0n) is 17.9. The first-order valence-corrected chi connectivity index (χ1v) is 11.2. The van der Waals surface area contributed by atoms with E-state index in [0.717, 1.165) is 0 Å². The van der Waals surface area contributed by atoms with Crippen LogP contribution in [0.1, 0.15) is 18.9 Å². The molecule has 0 radical (unpaired) electrons. The average Bonchev–Trinajstić information content (AvgIpc) is 2.74. The first kappa shape index (κ1) is 27.2. The van der Waals surface area contributed by atoms with Gasteiger partial charge in [-0.3, -0.25) is 14.4 Å². The summed E-state index contributed by atoms with van der Waals surface area (Å²) < 4.78 is 0. The van der Waals surface area contributed by atoms with E-state index in [-0.39, 0.29) is 12.2 Å². The van der Waals surface area contributed by atoms with Gasteiger partial charge in [-0.1, -0.05) is 12.1 Å². The molecule has 11 nitrogen and oxygen atoms in total. The van der Waals surface area contributed by atoms with Crippen LogP contribution < -0.4 is 21.7 Å². The highest BCUT2D eigenvalue weighted by Gasteiger charge is 2.28. The van der Waals surface area contributed by atoms with Crippen molar-refractivity contribution in [3.63, 3.8) is 0 Å². The van der Waals surface area contributed by atoms with Gasteiger partial charge in [0.25, 0.3) is 0 Å². The normalized spacial score (nSPS) is 14.5. The van der Waals surface area contributed by atoms with Crippen LogP contribution >= 0.6 is 11.8 Å². The Hall–Kier alpha value is -2.83. The van der Waals surface area contributed by atoms with Crippen LogP contribution in [0.3, 0.4) is 0 Å². The van der Waals surface area contributed by atoms with Gasteiger partial charge in [-0.15, -0.1) is 0 Å². The smallest absolute Gasteiger partial charge is 0.326 e. The fraction of sp³-hybridized carbons (Fsp3) is 0.500. The number of aliphatic carboxylic acids is 1. The van der Waals surface area contributed by atoms with Crippen molar-refractivity contribution < 1.29 is 34.5 Å². The molecular weight excluding hydrogens is 440 g/mol. The van der Waals surface area contributed by atoms with Crippen LogP contribution in [0.4, 0.5) is 0 Å². The summed E-state index contributed by atoms with van der Waals surface area (Å²) in [5.74, 6) is -2.79. The van der Waals surface area contributed by atoms with Crippen LogP contribution in [0.25, 0.3) is 0 Å². The molecule has 1 aromatic rings. The number of hydrogen-bond acceptors (Lipinski definition) is 8. The second kappa shape index (κ2) is 13.6. The number of rotatable bonds is 13. The predicted octanol–water partition coefficient (Wildman–Crippen LogP) is -1.43. The van der Waals surface area contributed by atoms with Crippen LogP contribution in [-0.2, 0) is 25.6 Å². The van der Waals surface area contributed by atoms with E-state index in [1.807, 2.05) is 6.26 Å². The Morgan fingerprint density at radius 1 is 1.09 bits per heavy atom. The molecule has 178 valence electrons. The van der Waals surface area contributed by atoms with Gasteiger partial charge in [0, 0.05) is 6.42 Å². The Bertz CT molecular complexity index is 789. The molecule has 3 amide bonds. The Kier molecular flexibility index (Phi) is 11.5. The molecule has 1 aromatic carbocycles. The molecule has 0 saturated carbocycles. The van der Waals surface area contributed by atoms with Gasteiger partial charge in [-0.2, -0.15) is 11.8 Å². The number of aliphatic hydroxyl groups is 1. The number of nitrogens with one attached hydrogen (secondary N) is 3. The standard InChI is InChI=1S/C20H30N4O7S/c1-11(25)17(24-18(28)14(21)7-8-32-2)19(29)22-10-16(27)23-15(20(30)31)9-12-3-5-13(26)6-4-12/h3-6,11,14-15,17,25-26H,7-10,21H2,1-2H3,(H,22,29)(H,23,27)(H,24,28)(H,30,31). The molecule has 0 aliphatic rings. The van der Waals surface area contributed by atoms with Crippen molar-refractivity contribution in [3.8, 4) is 5.75 Å². The topological polar surface area (TPSA) is 191 Å². The van der Waals surface area contributed by atoms with Crippen molar-refractivity contribution in [2.75, 3.05) is 18.6 Å². The Balaban J connectivity index is 2.62. The first-order chi connectivity index (χ1) is 15.0. The highest BCUT2D eigenvalue weighted by atomic mass is 32.2. The van der Waals surface area contributed by atoms with Crippen LogP contribution in [0, 0.1) is 0 Å². The predicted molar refractivity (Wildman–Crippen MR) is 119 cm³/mol. The number of phenols is 1. The lowest BCUT2D eigenvalue weighted by molar-refractivity contribution is -0.141. The number of aromatic hydroxyl groups is 1. The SMILES string of the molecule is CSCCC(N)C(=O)NC(C(=O)NCC(=O)NC(Cc1ccc(O)cc1)C(=O)O)C(C)O. The van der Waals surface area contributed by atoms with E-state index in [9.17, 15) is 34.5 Å².